The van der Waals surface area contributed by atoms with Crippen LogP contribution in [-0.2, 0) is 6.42 Å². The number of hydrogen-bond acceptors (Lipinski definition) is 3. The van der Waals surface area contributed by atoms with Crippen molar-refractivity contribution in [3.63, 3.8) is 0 Å². The Hall–Kier alpha value is -6.94. The standard InChI is InChI=1S/C58H42N2S/c1-3-14-38(15-4-1)54-53(57(42-16-5-2-6-17-42)61-58(54)51-36-43-18-7-8-20-44(43)46-21-10-12-24-49(46)51)39-27-25-37(26-28-39)45-32-33-50(48-23-11-9-22-47(45)48)52-34-31-41-30-29-40-19-13-35-59-55(40)56(41)60-52/h1-25,27,29-30,35-36H,26,28,31-34H2/i1D,2D,3D,4D,5D,6D,7D,8D,10D,12D,14D,15D,16D,17D,18D,20D,21D,24D,25D,26D,27D,28D,36D. The molecule has 12 rings (SSSR count). The summed E-state index contributed by atoms with van der Waals surface area (Å²) >= 11 is 0.450. The molecule has 0 bridgehead atoms. The zero-order valence-corrected chi connectivity index (χ0v) is 32.8. The minimum Gasteiger partial charge on any atom is -0.254 e. The van der Waals surface area contributed by atoms with Crippen LogP contribution < -0.4 is 10.4 Å². The van der Waals surface area contributed by atoms with E-state index in [4.69, 9.17) is 21.4 Å². The number of aliphatic imine (C=N–C) groups is 1. The molecule has 0 spiro atoms. The van der Waals surface area contributed by atoms with Crippen LogP contribution in [-0.4, -0.2) is 10.7 Å². The minimum absolute atomic E-state index is 0.00959. The van der Waals surface area contributed by atoms with E-state index in [0.717, 1.165) is 38.7 Å². The number of allylic oxidation sites excluding steroid dienone is 4. The molecule has 0 saturated carbocycles. The summed E-state index contributed by atoms with van der Waals surface area (Å²) in [4.78, 5) is 8.94. The van der Waals surface area contributed by atoms with Crippen molar-refractivity contribution in [1.29, 1.82) is 0 Å². The summed E-state index contributed by atoms with van der Waals surface area (Å²) in [6.07, 6.45) is -0.100. The van der Waals surface area contributed by atoms with E-state index in [2.05, 4.69) is 4.98 Å². The van der Waals surface area contributed by atoms with Crippen LogP contribution in [0, 0.1) is 0 Å². The van der Waals surface area contributed by atoms with Gasteiger partial charge in [-0.2, -0.15) is 0 Å². The van der Waals surface area contributed by atoms with Crippen molar-refractivity contribution in [3.8, 4) is 32.0 Å². The molecule has 3 aliphatic rings. The average Bonchev–Trinajstić information content (AvgIpc) is 1.38. The molecule has 2 atom stereocenters. The van der Waals surface area contributed by atoms with E-state index in [0.29, 0.717) is 41.4 Å². The predicted octanol–water partition coefficient (Wildman–Crippen LogP) is 14.2. The van der Waals surface area contributed by atoms with Gasteiger partial charge in [-0.15, -0.1) is 11.3 Å². The minimum atomic E-state index is -1.96. The molecule has 0 radical (unpaired) electrons. The highest BCUT2D eigenvalue weighted by Crippen LogP contribution is 2.53. The SMILES string of the molecule is [2H]C1=C(C2=c3ccccc3=C(C3=Nc4c(ccc5cccnc45)CC3)CC2)C([2H])C([2H])C(c2c(-c3c([2H])c([2H])c([2H])c([2H])c3[2H])sc(-c3c([2H])c4c([2H])c([2H])c([2H])c([2H])c4c4c([2H])c([2H])c([2H])c([2H])c34)c2-c2c([2H])c([2H])c([2H])c([2H])c2[2H])=C1[2H]. The molecule has 0 amide bonds. The van der Waals surface area contributed by atoms with Gasteiger partial charge in [0.05, 0.1) is 40.0 Å². The van der Waals surface area contributed by atoms with Crippen LogP contribution in [0.4, 0.5) is 5.69 Å². The molecule has 1 aliphatic heterocycles. The summed E-state index contributed by atoms with van der Waals surface area (Å²) in [5.41, 5.74) is 1.26. The average molecular weight is 822 g/mol. The van der Waals surface area contributed by atoms with Crippen LogP contribution >= 0.6 is 11.3 Å². The molecule has 2 unspecified atom stereocenters. The summed E-state index contributed by atoms with van der Waals surface area (Å²) in [5.74, 6) is 0. The first-order valence-electron chi connectivity index (χ1n) is 31.3. The molecule has 2 aliphatic carbocycles. The summed E-state index contributed by atoms with van der Waals surface area (Å²) < 4.78 is 213. The number of pyridine rings is 1. The van der Waals surface area contributed by atoms with Crippen molar-refractivity contribution in [1.82, 2.24) is 4.98 Å². The number of aryl methyl sites for hydroxylation is 1. The summed E-state index contributed by atoms with van der Waals surface area (Å²) in [5, 5.41) is 0.189. The number of thiophene rings is 1. The molecule has 0 fully saturated rings. The van der Waals surface area contributed by atoms with Gasteiger partial charge in [0.25, 0.3) is 0 Å². The van der Waals surface area contributed by atoms with E-state index in [-0.39, 0.29) is 12.0 Å². The summed E-state index contributed by atoms with van der Waals surface area (Å²) in [6.45, 7) is 0. The molecule has 61 heavy (non-hydrogen) atoms. The fourth-order valence-corrected chi connectivity index (χ4v) is 9.92. The van der Waals surface area contributed by atoms with Crippen LogP contribution in [0.2, 0.25) is 0 Å². The maximum Gasteiger partial charge on any atom is 0.0961 e. The van der Waals surface area contributed by atoms with Crippen molar-refractivity contribution in [3.05, 3.63) is 209 Å². The van der Waals surface area contributed by atoms with E-state index < -0.39 is 204 Å². The highest BCUT2D eigenvalue weighted by Gasteiger charge is 2.28. The Morgan fingerprint density at radius 3 is 2.07 bits per heavy atom. The number of rotatable bonds is 6. The first-order valence-corrected chi connectivity index (χ1v) is 20.4. The monoisotopic (exact) mass is 821 g/mol. The zero-order valence-electron chi connectivity index (χ0n) is 55.0. The molecule has 290 valence electrons. The Bertz CT molecular complexity index is 4730. The molecule has 7 aromatic carbocycles. The number of aromatic nitrogens is 1. The van der Waals surface area contributed by atoms with Gasteiger partial charge in [0.1, 0.15) is 0 Å². The van der Waals surface area contributed by atoms with E-state index >= 15 is 0 Å². The lowest BCUT2D eigenvalue weighted by Crippen LogP contribution is -2.35. The molecular weight excluding hydrogens is 757 g/mol. The lowest BCUT2D eigenvalue weighted by atomic mass is 9.81. The summed E-state index contributed by atoms with van der Waals surface area (Å²) in [6, 6.07) is -2.39. The number of nitrogens with zero attached hydrogens (tertiary/aromatic N) is 2. The van der Waals surface area contributed by atoms with Gasteiger partial charge in [-0.3, -0.25) is 9.98 Å². The van der Waals surface area contributed by atoms with E-state index in [9.17, 15) is 15.1 Å². The van der Waals surface area contributed by atoms with Crippen molar-refractivity contribution in [2.45, 2.75) is 38.5 Å². The van der Waals surface area contributed by atoms with Crippen LogP contribution in [0.15, 0.2) is 192 Å². The molecule has 0 saturated heterocycles. The molecule has 0 N–H and O–H groups in total. The number of hydrogen-bond donors (Lipinski definition) is 0. The van der Waals surface area contributed by atoms with Crippen molar-refractivity contribution < 1.29 is 31.5 Å². The molecule has 2 aromatic heterocycles. The third-order valence-corrected chi connectivity index (χ3v) is 12.6. The second-order valence-corrected chi connectivity index (χ2v) is 15.7. The van der Waals surface area contributed by atoms with Crippen LogP contribution in [0.5, 0.6) is 0 Å². The van der Waals surface area contributed by atoms with Gasteiger partial charge in [0.2, 0.25) is 0 Å². The third-order valence-electron chi connectivity index (χ3n) is 11.3. The number of fused-ring (bicyclic) bond motifs is 7. The fourth-order valence-electron chi connectivity index (χ4n) is 8.63. The Morgan fingerprint density at radius 1 is 0.541 bits per heavy atom. The van der Waals surface area contributed by atoms with E-state index in [1.54, 1.807) is 12.3 Å². The Kier molecular flexibility index (Phi) is 4.81. The van der Waals surface area contributed by atoms with Gasteiger partial charge in [0.15, 0.2) is 0 Å². The molecule has 3 heteroatoms. The first kappa shape index (κ1) is 19.6. The summed E-state index contributed by atoms with van der Waals surface area (Å²) in [7, 11) is 0. The molecule has 2 nitrogen and oxygen atoms in total. The normalized spacial score (nSPS) is 23.1. The van der Waals surface area contributed by atoms with E-state index in [1.165, 1.54) is 0 Å². The van der Waals surface area contributed by atoms with Gasteiger partial charge in [-0.25, -0.2) is 0 Å². The maximum atomic E-state index is 10.2. The highest BCUT2D eigenvalue weighted by molar-refractivity contribution is 7.20. The van der Waals surface area contributed by atoms with Crippen LogP contribution in [0.3, 0.4) is 0 Å². The molecule has 9 aromatic rings. The highest BCUT2D eigenvalue weighted by atomic mass is 32.1. The Labute approximate surface area is 392 Å². The number of benzene rings is 7. The van der Waals surface area contributed by atoms with Gasteiger partial charge < -0.3 is 0 Å². The van der Waals surface area contributed by atoms with Crippen molar-refractivity contribution in [2.75, 3.05) is 0 Å². The lowest BCUT2D eigenvalue weighted by Gasteiger charge is -2.25. The predicted molar refractivity (Wildman–Crippen MR) is 260 cm³/mol. The maximum absolute atomic E-state index is 10.2. The van der Waals surface area contributed by atoms with Crippen molar-refractivity contribution >= 4 is 71.9 Å². The largest absolute Gasteiger partial charge is 0.254 e. The third kappa shape index (κ3) is 6.14. The van der Waals surface area contributed by atoms with Crippen LogP contribution in [0.1, 0.15) is 74.7 Å². The van der Waals surface area contributed by atoms with Crippen molar-refractivity contribution in [2.24, 2.45) is 4.99 Å². The van der Waals surface area contributed by atoms with Gasteiger partial charge in [-0.05, 0) is 122 Å². The lowest BCUT2D eigenvalue weighted by molar-refractivity contribution is 0.957. The molecular formula is C58H42N2S. The van der Waals surface area contributed by atoms with Crippen LogP contribution in [0.25, 0.3) is 81.2 Å². The first-order chi connectivity index (χ1) is 39.8. The fraction of sp³-hybridized carbons (Fsp3) is 0.103. The smallest absolute Gasteiger partial charge is 0.0961 e. The zero-order chi connectivity index (χ0) is 60.3. The quantitative estimate of drug-likeness (QED) is 0.153. The Balaban J connectivity index is 1.25. The Morgan fingerprint density at radius 2 is 1.23 bits per heavy atom. The molecule has 3 heterocycles. The van der Waals surface area contributed by atoms with E-state index in [1.807, 2.05) is 42.5 Å². The van der Waals surface area contributed by atoms with Gasteiger partial charge in [-0.1, -0.05) is 163 Å². The topological polar surface area (TPSA) is 25.2 Å². The second kappa shape index (κ2) is 15.0. The second-order valence-electron chi connectivity index (χ2n) is 14.6. The van der Waals surface area contributed by atoms with Gasteiger partial charge >= 0.3 is 0 Å². The van der Waals surface area contributed by atoms with Gasteiger partial charge in [0, 0.05) is 46.5 Å².